The van der Waals surface area contributed by atoms with E-state index in [2.05, 4.69) is 5.32 Å². The third kappa shape index (κ3) is 12.2. The summed E-state index contributed by atoms with van der Waals surface area (Å²) in [6, 6.07) is 20.1. The van der Waals surface area contributed by atoms with Crippen molar-refractivity contribution >= 4 is 69.2 Å². The van der Waals surface area contributed by atoms with Gasteiger partial charge in [0.05, 0.1) is 35.5 Å². The lowest BCUT2D eigenvalue weighted by Crippen LogP contribution is -2.86. The molecule has 0 aromatic heterocycles. The molecule has 444 valence electrons. The number of fused-ring (bicyclic) bond motifs is 5. The molecule has 1 unspecified atom stereocenters. The maximum Gasteiger partial charge on any atom is 0.408 e. The normalized spacial score (nSPS) is 28.4. The fraction of sp³-hybridized carbons (Fsp3) is 0.541. The Hall–Kier alpha value is -6.26. The Morgan fingerprint density at radius 2 is 1.57 bits per heavy atom. The van der Waals surface area contributed by atoms with E-state index in [4.69, 9.17) is 38.9 Å². The highest BCUT2D eigenvalue weighted by molar-refractivity contribution is 8.77. The van der Waals surface area contributed by atoms with Gasteiger partial charge >= 0.3 is 35.9 Å². The minimum Gasteiger partial charge on any atom is -0.455 e. The van der Waals surface area contributed by atoms with Gasteiger partial charge in [-0.2, -0.15) is 0 Å². The number of ketones is 1. The average molecular weight is 1170 g/mol. The minimum absolute atomic E-state index is 0.000552. The van der Waals surface area contributed by atoms with Crippen LogP contribution < -0.4 is 11.1 Å². The fourth-order valence-corrected chi connectivity index (χ4v) is 14.7. The number of primary amides is 1. The minimum atomic E-state index is -2.54. The summed E-state index contributed by atoms with van der Waals surface area (Å²) in [4.78, 5) is 115. The molecule has 3 aliphatic carbocycles. The van der Waals surface area contributed by atoms with Crippen LogP contribution in [0.2, 0.25) is 0 Å². The van der Waals surface area contributed by atoms with Gasteiger partial charge in [-0.3, -0.25) is 24.0 Å². The van der Waals surface area contributed by atoms with Gasteiger partial charge in [0, 0.05) is 48.2 Å². The second-order valence-electron chi connectivity index (χ2n) is 23.7. The monoisotopic (exact) mass is 1170 g/mol. The lowest BCUT2D eigenvalue weighted by Gasteiger charge is -2.72. The zero-order valence-corrected chi connectivity index (χ0v) is 50.1. The Labute approximate surface area is 486 Å². The molecule has 7 rings (SSSR count). The maximum atomic E-state index is 16.2. The van der Waals surface area contributed by atoms with E-state index >= 15 is 9.59 Å². The smallest absolute Gasteiger partial charge is 0.408 e. The van der Waals surface area contributed by atoms with Gasteiger partial charge in [0.1, 0.15) is 35.6 Å². The SMILES string of the molecule is CCC(=O)O[C@H]1C(=O)[C@]2(C)[C@@H](O)C[C@H]3OC[C@@]3(OC(C)=O)[C@@]2(C)[C@H](OC(=O)c2cccc(C)c2)[C@]2(O)C[C@H](OC(=O)[C@H](OC(=O)Cc3ccccc3SSC(C)CCC(N)=O)[C@@H](NC(=O)OC(C)(C)C)c3ccccc3)C(C)=C1C2(C)C. The number of esters is 5. The van der Waals surface area contributed by atoms with Crippen LogP contribution in [0.25, 0.3) is 0 Å². The van der Waals surface area contributed by atoms with Crippen molar-refractivity contribution < 1.29 is 81.7 Å². The number of ether oxygens (including phenoxy) is 7. The summed E-state index contributed by atoms with van der Waals surface area (Å²) in [6.07, 6.45) is -12.1. The maximum absolute atomic E-state index is 16.2. The third-order valence-electron chi connectivity index (χ3n) is 16.8. The van der Waals surface area contributed by atoms with Crippen molar-refractivity contribution in [1.82, 2.24) is 5.32 Å². The van der Waals surface area contributed by atoms with Gasteiger partial charge in [-0.05, 0) is 88.4 Å². The second-order valence-corrected chi connectivity index (χ2v) is 26.4. The number of nitrogens with two attached hydrogens (primary N) is 1. The van der Waals surface area contributed by atoms with Crippen LogP contribution in [0.3, 0.4) is 0 Å². The number of hydrogen-bond donors (Lipinski definition) is 4. The Bertz CT molecular complexity index is 3000. The van der Waals surface area contributed by atoms with Crippen LogP contribution >= 0.6 is 21.6 Å². The van der Waals surface area contributed by atoms with Crippen LogP contribution in [0, 0.1) is 23.2 Å². The van der Waals surface area contributed by atoms with E-state index in [1.807, 2.05) is 6.92 Å². The van der Waals surface area contributed by atoms with Crippen molar-refractivity contribution in [3.8, 4) is 0 Å². The van der Waals surface area contributed by atoms with Gasteiger partial charge in [-0.25, -0.2) is 14.4 Å². The van der Waals surface area contributed by atoms with E-state index in [0.29, 0.717) is 22.4 Å². The summed E-state index contributed by atoms with van der Waals surface area (Å²) >= 11 is 0. The van der Waals surface area contributed by atoms with E-state index in [-0.39, 0.29) is 59.8 Å². The van der Waals surface area contributed by atoms with E-state index in [9.17, 15) is 39.0 Å². The van der Waals surface area contributed by atoms with Crippen molar-refractivity contribution in [2.75, 3.05) is 6.61 Å². The summed E-state index contributed by atoms with van der Waals surface area (Å²) in [5, 5.41) is 29.6. The number of alkyl carbamates (subject to hydrolysis) is 1. The fourth-order valence-electron chi connectivity index (χ4n) is 12.2. The lowest BCUT2D eigenvalue weighted by molar-refractivity contribution is -0.380. The molecule has 82 heavy (non-hydrogen) atoms. The molecule has 1 heterocycles. The number of amides is 2. The molecule has 12 atom stereocenters. The van der Waals surface area contributed by atoms with E-state index < -0.39 is 130 Å². The van der Waals surface area contributed by atoms with Gasteiger partial charge in [-0.15, -0.1) is 0 Å². The van der Waals surface area contributed by atoms with Crippen LogP contribution in [-0.4, -0.2) is 123 Å². The van der Waals surface area contributed by atoms with Crippen LogP contribution in [-0.2, 0) is 68.3 Å². The number of carbonyl (C=O) groups excluding carboxylic acids is 8. The second kappa shape index (κ2) is 24.5. The summed E-state index contributed by atoms with van der Waals surface area (Å²) in [6.45, 7) is 18.4. The Kier molecular flexibility index (Phi) is 18.9. The number of hydrogen-bond acceptors (Lipinski definition) is 19. The molecular formula is C61H76N2O17S2. The molecule has 3 aromatic carbocycles. The van der Waals surface area contributed by atoms with Gasteiger partial charge in [0.25, 0.3) is 0 Å². The topological polar surface area (TPSA) is 280 Å². The lowest BCUT2D eigenvalue weighted by atomic mass is 9.38. The van der Waals surface area contributed by atoms with Gasteiger partial charge < -0.3 is 54.4 Å². The van der Waals surface area contributed by atoms with Crippen molar-refractivity contribution in [3.63, 3.8) is 0 Å². The van der Waals surface area contributed by atoms with Crippen molar-refractivity contribution in [3.05, 3.63) is 112 Å². The van der Waals surface area contributed by atoms with Crippen molar-refractivity contribution in [1.29, 1.82) is 0 Å². The first kappa shape index (κ1) is 63.3. The molecule has 0 spiro atoms. The first-order valence-corrected chi connectivity index (χ1v) is 29.6. The standard InChI is InChI=1S/C61H76N2O17S2/c1-13-45(67)76-49-47-35(4)40(31-60(73,57(47,9)10)54(78-52(70)39-24-19-20-33(2)28-39)59(12)58(11,51(49)69)42(65)30-43-61(59,32-74-43)79-36(5)64)75-53(71)50(48(37-21-15-14-16-22-37)63-55(72)80-56(6,7)8)77-46(68)29-38-23-17-18-25-41(38)82-81-34(3)26-27-44(62)66/h14-25,28,34,40,42-43,48-50,54,65,73H,13,26-27,29-32H2,1-12H3,(H2,62,66)(H,63,72)/t34?,40-,42-,43+,48-,49+,50+,54-,58-,59-,60+,61-/m0/s1. The Morgan fingerprint density at radius 1 is 0.902 bits per heavy atom. The molecule has 4 aliphatic rings. The predicted octanol–water partition coefficient (Wildman–Crippen LogP) is 8.11. The molecule has 2 saturated carbocycles. The van der Waals surface area contributed by atoms with Gasteiger partial charge in [0.2, 0.25) is 12.0 Å². The largest absolute Gasteiger partial charge is 0.455 e. The highest BCUT2D eigenvalue weighted by atomic mass is 33.1. The Balaban J connectivity index is 1.41. The number of Topliss-reactive ketones (excluding diaryl/α,β-unsaturated/α-hetero) is 1. The number of nitrogens with one attached hydrogen (secondary N) is 1. The van der Waals surface area contributed by atoms with Crippen LogP contribution in [0.1, 0.15) is 141 Å². The summed E-state index contributed by atoms with van der Waals surface area (Å²) < 4.78 is 43.6. The zero-order chi connectivity index (χ0) is 60.5. The predicted molar refractivity (Wildman–Crippen MR) is 302 cm³/mol. The number of aliphatic hydroxyl groups excluding tert-OH is 1. The molecule has 3 fully saturated rings. The number of aliphatic hydroxyl groups is 2. The quantitative estimate of drug-likeness (QED) is 0.0382. The van der Waals surface area contributed by atoms with Crippen molar-refractivity contribution in [2.45, 2.75) is 191 Å². The van der Waals surface area contributed by atoms with Crippen LogP contribution in [0.4, 0.5) is 4.79 Å². The number of aryl methyl sites for hydroxylation is 1. The number of rotatable bonds is 19. The first-order valence-electron chi connectivity index (χ1n) is 27.4. The average Bonchev–Trinajstić information content (AvgIpc) is 0.671. The molecular weight excluding hydrogens is 1100 g/mol. The summed E-state index contributed by atoms with van der Waals surface area (Å²) in [5.74, 6) is -6.14. The molecule has 0 radical (unpaired) electrons. The molecule has 2 amide bonds. The van der Waals surface area contributed by atoms with Crippen LogP contribution in [0.15, 0.2) is 94.9 Å². The first-order chi connectivity index (χ1) is 38.3. The zero-order valence-electron chi connectivity index (χ0n) is 48.5. The molecule has 1 saturated heterocycles. The molecule has 19 nitrogen and oxygen atoms in total. The Morgan fingerprint density at radius 3 is 2.18 bits per heavy atom. The van der Waals surface area contributed by atoms with E-state index in [0.717, 1.165) is 6.92 Å². The van der Waals surface area contributed by atoms with E-state index in [1.165, 1.54) is 55.3 Å². The van der Waals surface area contributed by atoms with Gasteiger partial charge in [0.15, 0.2) is 17.5 Å². The number of carbonyl (C=O) groups is 8. The molecule has 3 aromatic rings. The third-order valence-corrected chi connectivity index (χ3v) is 19.9. The molecule has 21 heteroatoms. The molecule has 1 aliphatic heterocycles. The van der Waals surface area contributed by atoms with Crippen molar-refractivity contribution in [2.24, 2.45) is 22.0 Å². The molecule has 5 N–H and O–H groups in total. The van der Waals surface area contributed by atoms with Gasteiger partial charge in [-0.1, -0.05) is 122 Å². The summed E-state index contributed by atoms with van der Waals surface area (Å²) in [7, 11) is 2.85. The highest BCUT2D eigenvalue weighted by Crippen LogP contribution is 2.70. The van der Waals surface area contributed by atoms with E-state index in [1.54, 1.807) is 114 Å². The van der Waals surface area contributed by atoms with Crippen LogP contribution in [0.5, 0.6) is 0 Å². The molecule has 2 bridgehead atoms. The highest BCUT2D eigenvalue weighted by Gasteiger charge is 2.84. The number of benzene rings is 3. The summed E-state index contributed by atoms with van der Waals surface area (Å²) in [5.41, 5.74) is -4.65.